The van der Waals surface area contributed by atoms with Crippen molar-refractivity contribution in [2.75, 3.05) is 11.9 Å². The van der Waals surface area contributed by atoms with E-state index in [1.54, 1.807) is 6.07 Å². The molecule has 0 spiro atoms. The lowest BCUT2D eigenvalue weighted by Gasteiger charge is -2.22. The van der Waals surface area contributed by atoms with E-state index >= 15 is 0 Å². The normalized spacial score (nSPS) is 10.9. The Morgan fingerprint density at radius 2 is 1.95 bits per heavy atom. The third-order valence-electron chi connectivity index (χ3n) is 3.11. The van der Waals surface area contributed by atoms with E-state index in [9.17, 15) is 4.39 Å². The monoisotopic (exact) mass is 293 g/mol. The number of rotatable bonds is 3. The minimum Gasteiger partial charge on any atom is -0.329 e. The van der Waals surface area contributed by atoms with E-state index in [-0.39, 0.29) is 11.7 Å². The molecule has 1 aromatic carbocycles. The molecule has 0 bridgehead atoms. The molecule has 0 unspecified atom stereocenters. The first-order chi connectivity index (χ1) is 9.40. The number of nitrogens with zero attached hydrogens (tertiary/aromatic N) is 3. The molecule has 0 atom stereocenters. The van der Waals surface area contributed by atoms with Crippen LogP contribution in [0.4, 0.5) is 15.9 Å². The standard InChI is InChI=1S/C15H17ClFN3/c1-9(2)14-18-13(16)10(3)15(19-14)20(4)12-7-5-6-11(17)8-12/h5-9H,1-4H3. The molecular formula is C15H17ClFN3. The van der Waals surface area contributed by atoms with Crippen LogP contribution in [0.5, 0.6) is 0 Å². The largest absolute Gasteiger partial charge is 0.329 e. The molecule has 0 aliphatic heterocycles. The SMILES string of the molecule is Cc1c(Cl)nc(C(C)C)nc1N(C)c1cccc(F)c1. The van der Waals surface area contributed by atoms with Crippen LogP contribution in [-0.2, 0) is 0 Å². The van der Waals surface area contributed by atoms with Gasteiger partial charge in [0.2, 0.25) is 0 Å². The Bertz CT molecular complexity index is 629. The number of benzene rings is 1. The van der Waals surface area contributed by atoms with Crippen molar-refractivity contribution < 1.29 is 4.39 Å². The average molecular weight is 294 g/mol. The average Bonchev–Trinajstić information content (AvgIpc) is 2.40. The van der Waals surface area contributed by atoms with Crippen LogP contribution in [0.2, 0.25) is 5.15 Å². The van der Waals surface area contributed by atoms with Gasteiger partial charge in [0.15, 0.2) is 0 Å². The van der Waals surface area contributed by atoms with Crippen LogP contribution in [0.1, 0.15) is 31.2 Å². The van der Waals surface area contributed by atoms with Crippen LogP contribution in [0.15, 0.2) is 24.3 Å². The molecule has 1 heterocycles. The lowest BCUT2D eigenvalue weighted by molar-refractivity contribution is 0.628. The van der Waals surface area contributed by atoms with Crippen molar-refractivity contribution in [3.63, 3.8) is 0 Å². The van der Waals surface area contributed by atoms with Crippen LogP contribution in [0.3, 0.4) is 0 Å². The molecule has 2 rings (SSSR count). The molecule has 0 aliphatic rings. The van der Waals surface area contributed by atoms with Crippen molar-refractivity contribution >= 4 is 23.1 Å². The van der Waals surface area contributed by atoms with E-state index in [0.29, 0.717) is 16.8 Å². The Hall–Kier alpha value is -1.68. The summed E-state index contributed by atoms with van der Waals surface area (Å²) in [5.74, 6) is 1.27. The van der Waals surface area contributed by atoms with Gasteiger partial charge in [-0.05, 0) is 25.1 Å². The molecule has 0 amide bonds. The summed E-state index contributed by atoms with van der Waals surface area (Å²) in [6.07, 6.45) is 0. The first-order valence-corrected chi connectivity index (χ1v) is 6.81. The van der Waals surface area contributed by atoms with Gasteiger partial charge in [0.25, 0.3) is 0 Å². The van der Waals surface area contributed by atoms with Crippen LogP contribution in [0, 0.1) is 12.7 Å². The second-order valence-electron chi connectivity index (χ2n) is 5.01. The first kappa shape index (κ1) is 14.7. The molecule has 0 saturated heterocycles. The maximum atomic E-state index is 13.3. The van der Waals surface area contributed by atoms with Gasteiger partial charge in [-0.1, -0.05) is 31.5 Å². The predicted octanol–water partition coefficient (Wildman–Crippen LogP) is 4.47. The molecule has 0 aliphatic carbocycles. The summed E-state index contributed by atoms with van der Waals surface area (Å²) in [7, 11) is 1.84. The van der Waals surface area contributed by atoms with Gasteiger partial charge in [-0.3, -0.25) is 0 Å². The van der Waals surface area contributed by atoms with E-state index in [4.69, 9.17) is 11.6 Å². The summed E-state index contributed by atoms with van der Waals surface area (Å²) in [4.78, 5) is 10.6. The quantitative estimate of drug-likeness (QED) is 0.782. The number of anilines is 2. The maximum absolute atomic E-state index is 13.3. The third kappa shape index (κ3) is 2.90. The van der Waals surface area contributed by atoms with Gasteiger partial charge in [0.05, 0.1) is 0 Å². The van der Waals surface area contributed by atoms with Gasteiger partial charge in [0.1, 0.15) is 22.6 Å². The van der Waals surface area contributed by atoms with Crippen molar-refractivity contribution in [3.05, 3.63) is 46.6 Å². The van der Waals surface area contributed by atoms with E-state index in [1.165, 1.54) is 12.1 Å². The summed E-state index contributed by atoms with van der Waals surface area (Å²) < 4.78 is 13.3. The molecule has 0 saturated carbocycles. The smallest absolute Gasteiger partial charge is 0.140 e. The lowest BCUT2D eigenvalue weighted by atomic mass is 10.2. The first-order valence-electron chi connectivity index (χ1n) is 6.43. The highest BCUT2D eigenvalue weighted by Gasteiger charge is 2.16. The highest BCUT2D eigenvalue weighted by atomic mass is 35.5. The van der Waals surface area contributed by atoms with Gasteiger partial charge < -0.3 is 4.90 Å². The van der Waals surface area contributed by atoms with Crippen molar-refractivity contribution in [3.8, 4) is 0 Å². The van der Waals surface area contributed by atoms with Gasteiger partial charge >= 0.3 is 0 Å². The Morgan fingerprint density at radius 1 is 1.25 bits per heavy atom. The van der Waals surface area contributed by atoms with Crippen LogP contribution < -0.4 is 4.90 Å². The van der Waals surface area contributed by atoms with Crippen molar-refractivity contribution in [1.29, 1.82) is 0 Å². The number of hydrogen-bond acceptors (Lipinski definition) is 3. The summed E-state index contributed by atoms with van der Waals surface area (Å²) in [6.45, 7) is 5.87. The highest BCUT2D eigenvalue weighted by Crippen LogP contribution is 2.29. The third-order valence-corrected chi connectivity index (χ3v) is 3.48. The zero-order valence-electron chi connectivity index (χ0n) is 12.0. The lowest BCUT2D eigenvalue weighted by Crippen LogP contribution is -2.15. The second kappa shape index (κ2) is 5.75. The second-order valence-corrected chi connectivity index (χ2v) is 5.37. The fraction of sp³-hybridized carbons (Fsp3) is 0.333. The highest BCUT2D eigenvalue weighted by molar-refractivity contribution is 6.30. The predicted molar refractivity (Wildman–Crippen MR) is 80.3 cm³/mol. The molecule has 0 fully saturated rings. The van der Waals surface area contributed by atoms with Crippen LogP contribution in [-0.4, -0.2) is 17.0 Å². The van der Waals surface area contributed by atoms with Gasteiger partial charge in [-0.25, -0.2) is 14.4 Å². The zero-order chi connectivity index (χ0) is 14.9. The van der Waals surface area contributed by atoms with E-state index in [0.717, 1.165) is 11.3 Å². The van der Waals surface area contributed by atoms with Gasteiger partial charge in [0, 0.05) is 24.2 Å². The summed E-state index contributed by atoms with van der Waals surface area (Å²) in [5, 5.41) is 0.432. The molecule has 106 valence electrons. The Kier molecular flexibility index (Phi) is 4.23. The fourth-order valence-corrected chi connectivity index (χ4v) is 2.06. The van der Waals surface area contributed by atoms with E-state index < -0.39 is 0 Å². The number of aromatic nitrogens is 2. The Labute approximate surface area is 123 Å². The minimum atomic E-state index is -0.281. The summed E-state index contributed by atoms with van der Waals surface area (Å²) in [5.41, 5.74) is 1.50. The summed E-state index contributed by atoms with van der Waals surface area (Å²) in [6, 6.07) is 6.37. The van der Waals surface area contributed by atoms with Crippen LogP contribution in [0.25, 0.3) is 0 Å². The van der Waals surface area contributed by atoms with E-state index in [1.807, 2.05) is 38.8 Å². The van der Waals surface area contributed by atoms with Crippen LogP contribution >= 0.6 is 11.6 Å². The molecule has 0 N–H and O–H groups in total. The Balaban J connectivity index is 2.51. The van der Waals surface area contributed by atoms with Gasteiger partial charge in [-0.2, -0.15) is 0 Å². The van der Waals surface area contributed by atoms with Crippen molar-refractivity contribution in [2.45, 2.75) is 26.7 Å². The fourth-order valence-electron chi connectivity index (χ4n) is 1.89. The number of hydrogen-bond donors (Lipinski definition) is 0. The molecule has 0 radical (unpaired) electrons. The molecule has 5 heteroatoms. The molecule has 1 aromatic heterocycles. The zero-order valence-corrected chi connectivity index (χ0v) is 12.7. The molecule has 2 aromatic rings. The molecular weight excluding hydrogens is 277 g/mol. The molecule has 20 heavy (non-hydrogen) atoms. The summed E-state index contributed by atoms with van der Waals surface area (Å²) >= 11 is 6.17. The molecule has 3 nitrogen and oxygen atoms in total. The topological polar surface area (TPSA) is 29.0 Å². The maximum Gasteiger partial charge on any atom is 0.140 e. The van der Waals surface area contributed by atoms with E-state index in [2.05, 4.69) is 9.97 Å². The van der Waals surface area contributed by atoms with Crippen molar-refractivity contribution in [2.24, 2.45) is 0 Å². The van der Waals surface area contributed by atoms with Crippen molar-refractivity contribution in [1.82, 2.24) is 9.97 Å². The minimum absolute atomic E-state index is 0.174. The Morgan fingerprint density at radius 3 is 2.55 bits per heavy atom. The number of halogens is 2. The van der Waals surface area contributed by atoms with Gasteiger partial charge in [-0.15, -0.1) is 0 Å².